The number of carbonyl (C=O) groups is 1. The minimum atomic E-state index is -0.579. The Morgan fingerprint density at radius 2 is 1.58 bits per heavy atom. The number of ketones is 1. The molecule has 0 unspecified atom stereocenters. The van der Waals surface area contributed by atoms with Gasteiger partial charge in [0, 0.05) is 11.1 Å². The van der Waals surface area contributed by atoms with Gasteiger partial charge in [0.15, 0.2) is 5.78 Å². The van der Waals surface area contributed by atoms with Gasteiger partial charge >= 0.3 is 0 Å². The molecular weight excluding hydrogens is 270 g/mol. The molecule has 19 heavy (non-hydrogen) atoms. The fourth-order valence-electron chi connectivity index (χ4n) is 1.88. The van der Waals surface area contributed by atoms with E-state index < -0.39 is 5.82 Å². The Balaban J connectivity index is 2.47. The van der Waals surface area contributed by atoms with Crippen molar-refractivity contribution < 1.29 is 13.6 Å². The molecule has 0 fully saturated rings. The van der Waals surface area contributed by atoms with E-state index in [9.17, 15) is 13.6 Å². The second kappa shape index (κ2) is 5.10. The lowest BCUT2D eigenvalue weighted by Gasteiger charge is -2.07. The van der Waals surface area contributed by atoms with Crippen LogP contribution in [0.25, 0.3) is 0 Å². The number of carbonyl (C=O) groups excluding carboxylic acids is 1. The van der Waals surface area contributed by atoms with Crippen molar-refractivity contribution in [1.82, 2.24) is 0 Å². The smallest absolute Gasteiger partial charge is 0.193 e. The summed E-state index contributed by atoms with van der Waals surface area (Å²) >= 11 is 5.65. The van der Waals surface area contributed by atoms with Crippen molar-refractivity contribution in [1.29, 1.82) is 0 Å². The second-order valence-corrected chi connectivity index (χ2v) is 4.79. The lowest BCUT2D eigenvalue weighted by Crippen LogP contribution is -2.04. The van der Waals surface area contributed by atoms with Crippen LogP contribution in [0, 0.1) is 25.5 Å². The summed E-state index contributed by atoms with van der Waals surface area (Å²) in [7, 11) is 0. The van der Waals surface area contributed by atoms with Crippen LogP contribution in [0.1, 0.15) is 27.0 Å². The molecule has 0 aliphatic heterocycles. The van der Waals surface area contributed by atoms with Gasteiger partial charge in [-0.1, -0.05) is 11.6 Å². The molecule has 0 N–H and O–H groups in total. The van der Waals surface area contributed by atoms with Gasteiger partial charge in [0.2, 0.25) is 0 Å². The lowest BCUT2D eigenvalue weighted by molar-refractivity contribution is 0.103. The number of benzene rings is 2. The Bertz CT molecular complexity index is 642. The van der Waals surface area contributed by atoms with Crippen LogP contribution in [-0.4, -0.2) is 5.78 Å². The van der Waals surface area contributed by atoms with Crippen LogP contribution in [0.3, 0.4) is 0 Å². The van der Waals surface area contributed by atoms with Crippen molar-refractivity contribution in [3.8, 4) is 0 Å². The van der Waals surface area contributed by atoms with E-state index in [2.05, 4.69) is 0 Å². The minimum absolute atomic E-state index is 0.110. The lowest BCUT2D eigenvalue weighted by atomic mass is 9.99. The Labute approximate surface area is 114 Å². The Morgan fingerprint density at radius 1 is 1.00 bits per heavy atom. The minimum Gasteiger partial charge on any atom is -0.289 e. The summed E-state index contributed by atoms with van der Waals surface area (Å²) in [5.74, 6) is -1.22. The zero-order chi connectivity index (χ0) is 14.2. The quantitative estimate of drug-likeness (QED) is 0.742. The number of hydrogen-bond donors (Lipinski definition) is 0. The predicted molar refractivity (Wildman–Crippen MR) is 70.7 cm³/mol. The molecule has 2 aromatic rings. The molecular formula is C15H11ClF2O. The van der Waals surface area contributed by atoms with Gasteiger partial charge in [0.1, 0.15) is 11.6 Å². The first-order valence-electron chi connectivity index (χ1n) is 5.66. The highest BCUT2D eigenvalue weighted by Gasteiger charge is 2.14. The van der Waals surface area contributed by atoms with Gasteiger partial charge in [0.05, 0.1) is 5.02 Å². The maximum Gasteiger partial charge on any atom is 0.193 e. The summed E-state index contributed by atoms with van der Waals surface area (Å²) < 4.78 is 26.6. The third-order valence-electron chi connectivity index (χ3n) is 2.88. The summed E-state index contributed by atoms with van der Waals surface area (Å²) in [4.78, 5) is 12.2. The molecule has 0 spiro atoms. The molecule has 0 bridgehead atoms. The number of halogens is 3. The van der Waals surface area contributed by atoms with E-state index in [1.54, 1.807) is 13.8 Å². The van der Waals surface area contributed by atoms with E-state index in [4.69, 9.17) is 11.6 Å². The monoisotopic (exact) mass is 280 g/mol. The molecule has 0 aliphatic rings. The third kappa shape index (κ3) is 2.66. The fourth-order valence-corrected chi connectivity index (χ4v) is 2.06. The molecule has 0 aromatic heterocycles. The Morgan fingerprint density at radius 3 is 2.11 bits per heavy atom. The summed E-state index contributed by atoms with van der Waals surface area (Å²) in [5.41, 5.74) is 1.43. The van der Waals surface area contributed by atoms with E-state index in [0.717, 1.165) is 6.07 Å². The van der Waals surface area contributed by atoms with Gasteiger partial charge in [-0.2, -0.15) is 0 Å². The van der Waals surface area contributed by atoms with Gasteiger partial charge in [-0.15, -0.1) is 0 Å². The number of aryl methyl sites for hydroxylation is 2. The van der Waals surface area contributed by atoms with E-state index in [-0.39, 0.29) is 22.2 Å². The van der Waals surface area contributed by atoms with Crippen molar-refractivity contribution in [2.75, 3.05) is 0 Å². The van der Waals surface area contributed by atoms with Crippen molar-refractivity contribution in [3.63, 3.8) is 0 Å². The largest absolute Gasteiger partial charge is 0.289 e. The molecule has 0 heterocycles. The van der Waals surface area contributed by atoms with Gasteiger partial charge in [0.25, 0.3) is 0 Å². The van der Waals surface area contributed by atoms with Crippen LogP contribution < -0.4 is 0 Å². The van der Waals surface area contributed by atoms with Gasteiger partial charge in [-0.05, 0) is 55.3 Å². The maximum atomic E-state index is 13.5. The molecule has 4 heteroatoms. The standard InChI is InChI=1S/C15H11ClF2O/c1-8-5-11(6-9(2)14(8)18)15(19)10-3-4-13(17)12(16)7-10/h3-7H,1-2H3. The summed E-state index contributed by atoms with van der Waals surface area (Å²) in [6.45, 7) is 3.19. The normalized spacial score (nSPS) is 10.6. The van der Waals surface area contributed by atoms with Crippen LogP contribution >= 0.6 is 11.6 Å². The van der Waals surface area contributed by atoms with E-state index in [0.29, 0.717) is 16.7 Å². The highest BCUT2D eigenvalue weighted by Crippen LogP contribution is 2.21. The van der Waals surface area contributed by atoms with Crippen molar-refractivity contribution >= 4 is 17.4 Å². The zero-order valence-electron chi connectivity index (χ0n) is 10.4. The number of rotatable bonds is 2. The van der Waals surface area contributed by atoms with Crippen LogP contribution in [0.4, 0.5) is 8.78 Å². The molecule has 2 aromatic carbocycles. The molecule has 0 saturated carbocycles. The van der Waals surface area contributed by atoms with E-state index in [1.807, 2.05) is 0 Å². The summed E-state index contributed by atoms with van der Waals surface area (Å²) in [6.07, 6.45) is 0. The Hall–Kier alpha value is -1.74. The molecule has 0 amide bonds. The second-order valence-electron chi connectivity index (χ2n) is 4.38. The first-order chi connectivity index (χ1) is 8.90. The molecule has 0 saturated heterocycles. The first-order valence-corrected chi connectivity index (χ1v) is 6.04. The van der Waals surface area contributed by atoms with Crippen molar-refractivity contribution in [3.05, 3.63) is 69.2 Å². The van der Waals surface area contributed by atoms with Crippen LogP contribution in [-0.2, 0) is 0 Å². The van der Waals surface area contributed by atoms with Gasteiger partial charge in [-0.3, -0.25) is 4.79 Å². The van der Waals surface area contributed by atoms with Crippen LogP contribution in [0.5, 0.6) is 0 Å². The average molecular weight is 281 g/mol. The van der Waals surface area contributed by atoms with Gasteiger partial charge in [-0.25, -0.2) is 8.78 Å². The molecule has 2 rings (SSSR count). The predicted octanol–water partition coefficient (Wildman–Crippen LogP) is 4.47. The van der Waals surface area contributed by atoms with Gasteiger partial charge < -0.3 is 0 Å². The maximum absolute atomic E-state index is 13.5. The summed E-state index contributed by atoms with van der Waals surface area (Å²) in [5, 5.41) is -0.110. The molecule has 0 atom stereocenters. The van der Waals surface area contributed by atoms with E-state index in [1.165, 1.54) is 24.3 Å². The van der Waals surface area contributed by atoms with Crippen molar-refractivity contribution in [2.24, 2.45) is 0 Å². The fraction of sp³-hybridized carbons (Fsp3) is 0.133. The summed E-state index contributed by atoms with van der Waals surface area (Å²) in [6, 6.07) is 6.72. The highest BCUT2D eigenvalue weighted by molar-refractivity contribution is 6.31. The molecule has 0 aliphatic carbocycles. The topological polar surface area (TPSA) is 17.1 Å². The zero-order valence-corrected chi connectivity index (χ0v) is 11.2. The van der Waals surface area contributed by atoms with E-state index >= 15 is 0 Å². The van der Waals surface area contributed by atoms with Crippen LogP contribution in [0.2, 0.25) is 5.02 Å². The SMILES string of the molecule is Cc1cc(C(=O)c2ccc(F)c(Cl)c2)cc(C)c1F. The first kappa shape index (κ1) is 13.7. The number of hydrogen-bond acceptors (Lipinski definition) is 1. The van der Waals surface area contributed by atoms with Crippen LogP contribution in [0.15, 0.2) is 30.3 Å². The molecule has 1 nitrogen and oxygen atoms in total. The average Bonchev–Trinajstić information content (AvgIpc) is 2.37. The highest BCUT2D eigenvalue weighted by atomic mass is 35.5. The molecule has 0 radical (unpaired) electrons. The van der Waals surface area contributed by atoms with Crippen molar-refractivity contribution in [2.45, 2.75) is 13.8 Å². The Kier molecular flexibility index (Phi) is 3.67. The third-order valence-corrected chi connectivity index (χ3v) is 3.17. The molecule has 98 valence electrons.